The summed E-state index contributed by atoms with van der Waals surface area (Å²) in [5, 5.41) is 12.1. The van der Waals surface area contributed by atoms with E-state index in [-0.39, 0.29) is 6.10 Å². The van der Waals surface area contributed by atoms with Crippen molar-refractivity contribution in [3.8, 4) is 11.4 Å². The van der Waals surface area contributed by atoms with Crippen LogP contribution in [0.15, 0.2) is 18.2 Å². The summed E-state index contributed by atoms with van der Waals surface area (Å²) in [6, 6.07) is 5.30. The predicted molar refractivity (Wildman–Crippen MR) is 69.1 cm³/mol. The summed E-state index contributed by atoms with van der Waals surface area (Å²) in [7, 11) is 1.64. The molecule has 0 fully saturated rings. The molecule has 2 aromatic rings. The molecule has 0 amide bonds. The maximum atomic E-state index is 6.14. The van der Waals surface area contributed by atoms with Crippen LogP contribution in [0.5, 0.6) is 0 Å². The zero-order chi connectivity index (χ0) is 13.1. The first-order valence-electron chi connectivity index (χ1n) is 5.46. The van der Waals surface area contributed by atoms with Crippen molar-refractivity contribution in [1.29, 1.82) is 0 Å². The average molecular weight is 268 g/mol. The number of aromatic nitrogens is 4. The number of nitrogen functional groups attached to an aromatic ring is 1. The Morgan fingerprint density at radius 3 is 2.94 bits per heavy atom. The Morgan fingerprint density at radius 1 is 1.50 bits per heavy atom. The number of halogens is 1. The standard InChI is InChI=1S/C11H14ClN5O/c1-7(18-2)6-17-11(14-15-16-17)10-8(12)4-3-5-9(10)13/h3-5,7H,6,13H2,1-2H3. The Labute approximate surface area is 110 Å². The summed E-state index contributed by atoms with van der Waals surface area (Å²) in [6.07, 6.45) is -0.00374. The van der Waals surface area contributed by atoms with Crippen molar-refractivity contribution in [3.05, 3.63) is 23.2 Å². The number of tetrazole rings is 1. The lowest BCUT2D eigenvalue weighted by Crippen LogP contribution is -2.17. The molecule has 96 valence electrons. The third kappa shape index (κ3) is 2.44. The number of anilines is 1. The molecule has 0 aliphatic heterocycles. The molecule has 7 heteroatoms. The third-order valence-electron chi connectivity index (χ3n) is 2.63. The highest BCUT2D eigenvalue weighted by molar-refractivity contribution is 6.33. The molecule has 0 bridgehead atoms. The topological polar surface area (TPSA) is 78.8 Å². The molecule has 0 aliphatic carbocycles. The number of rotatable bonds is 4. The fraction of sp³-hybridized carbons (Fsp3) is 0.364. The first kappa shape index (κ1) is 12.8. The highest BCUT2D eigenvalue weighted by Crippen LogP contribution is 2.31. The lowest BCUT2D eigenvalue weighted by atomic mass is 10.1. The summed E-state index contributed by atoms with van der Waals surface area (Å²) in [5.41, 5.74) is 7.11. The Morgan fingerprint density at radius 2 is 2.28 bits per heavy atom. The highest BCUT2D eigenvalue weighted by Gasteiger charge is 2.16. The van der Waals surface area contributed by atoms with E-state index in [0.29, 0.717) is 28.6 Å². The maximum absolute atomic E-state index is 6.14. The van der Waals surface area contributed by atoms with Gasteiger partial charge in [-0.1, -0.05) is 17.7 Å². The Kier molecular flexibility index (Phi) is 3.78. The largest absolute Gasteiger partial charge is 0.398 e. The van der Waals surface area contributed by atoms with Crippen LogP contribution in [0.4, 0.5) is 5.69 Å². The monoisotopic (exact) mass is 267 g/mol. The fourth-order valence-electron chi connectivity index (χ4n) is 1.60. The summed E-state index contributed by atoms with van der Waals surface area (Å²) in [5.74, 6) is 0.544. The van der Waals surface area contributed by atoms with Crippen LogP contribution >= 0.6 is 11.6 Å². The lowest BCUT2D eigenvalue weighted by Gasteiger charge is -2.12. The van der Waals surface area contributed by atoms with E-state index in [2.05, 4.69) is 15.5 Å². The van der Waals surface area contributed by atoms with Gasteiger partial charge in [-0.05, 0) is 29.5 Å². The number of hydrogen-bond acceptors (Lipinski definition) is 5. The number of hydrogen-bond donors (Lipinski definition) is 1. The smallest absolute Gasteiger partial charge is 0.185 e. The Hall–Kier alpha value is -1.66. The maximum Gasteiger partial charge on any atom is 0.185 e. The summed E-state index contributed by atoms with van der Waals surface area (Å²) >= 11 is 6.14. The van der Waals surface area contributed by atoms with Gasteiger partial charge in [-0.3, -0.25) is 0 Å². The summed E-state index contributed by atoms with van der Waals surface area (Å²) < 4.78 is 6.82. The van der Waals surface area contributed by atoms with Crippen molar-refractivity contribution in [2.45, 2.75) is 19.6 Å². The van der Waals surface area contributed by atoms with Crippen LogP contribution in [0.2, 0.25) is 5.02 Å². The fourth-order valence-corrected chi connectivity index (χ4v) is 1.87. The van der Waals surface area contributed by atoms with Crippen LogP contribution in [0.25, 0.3) is 11.4 Å². The summed E-state index contributed by atoms with van der Waals surface area (Å²) in [4.78, 5) is 0. The normalized spacial score (nSPS) is 12.6. The molecule has 1 unspecified atom stereocenters. The predicted octanol–water partition coefficient (Wildman–Crippen LogP) is 1.61. The van der Waals surface area contributed by atoms with Gasteiger partial charge in [-0.15, -0.1) is 5.10 Å². The average Bonchev–Trinajstić information content (AvgIpc) is 2.77. The molecule has 0 spiro atoms. The van der Waals surface area contributed by atoms with Crippen molar-refractivity contribution in [1.82, 2.24) is 20.2 Å². The first-order valence-corrected chi connectivity index (χ1v) is 5.84. The quantitative estimate of drug-likeness (QED) is 0.852. The number of nitrogens with zero attached hydrogens (tertiary/aromatic N) is 4. The second-order valence-corrected chi connectivity index (χ2v) is 4.34. The molecular formula is C11H14ClN5O. The van der Waals surface area contributed by atoms with E-state index < -0.39 is 0 Å². The molecule has 1 aromatic carbocycles. The van der Waals surface area contributed by atoms with Gasteiger partial charge in [0.15, 0.2) is 5.82 Å². The Balaban J connectivity index is 2.43. The number of benzene rings is 1. The molecule has 0 radical (unpaired) electrons. The van der Waals surface area contributed by atoms with E-state index in [4.69, 9.17) is 22.1 Å². The first-order chi connectivity index (χ1) is 8.63. The van der Waals surface area contributed by atoms with E-state index in [0.717, 1.165) is 0 Å². The molecule has 6 nitrogen and oxygen atoms in total. The molecule has 1 atom stereocenters. The second kappa shape index (κ2) is 5.32. The molecule has 1 heterocycles. The van der Waals surface area contributed by atoms with Gasteiger partial charge < -0.3 is 10.5 Å². The van der Waals surface area contributed by atoms with Crippen LogP contribution in [0.3, 0.4) is 0 Å². The van der Waals surface area contributed by atoms with Crippen molar-refractivity contribution in [3.63, 3.8) is 0 Å². The minimum Gasteiger partial charge on any atom is -0.398 e. The third-order valence-corrected chi connectivity index (χ3v) is 2.95. The molecule has 0 aliphatic rings. The van der Waals surface area contributed by atoms with Crippen molar-refractivity contribution in [2.75, 3.05) is 12.8 Å². The van der Waals surface area contributed by atoms with Gasteiger partial charge >= 0.3 is 0 Å². The van der Waals surface area contributed by atoms with Crippen molar-refractivity contribution >= 4 is 17.3 Å². The van der Waals surface area contributed by atoms with Crippen LogP contribution in [0, 0.1) is 0 Å². The van der Waals surface area contributed by atoms with Gasteiger partial charge in [0.05, 0.1) is 23.2 Å². The van der Waals surface area contributed by atoms with Gasteiger partial charge in [0, 0.05) is 12.8 Å². The molecule has 0 saturated heterocycles. The molecule has 0 saturated carbocycles. The van der Waals surface area contributed by atoms with Gasteiger partial charge in [-0.2, -0.15) is 0 Å². The highest BCUT2D eigenvalue weighted by atomic mass is 35.5. The van der Waals surface area contributed by atoms with E-state index in [1.165, 1.54) is 0 Å². The second-order valence-electron chi connectivity index (χ2n) is 3.93. The molecule has 18 heavy (non-hydrogen) atoms. The van der Waals surface area contributed by atoms with E-state index >= 15 is 0 Å². The summed E-state index contributed by atoms with van der Waals surface area (Å²) in [6.45, 7) is 2.46. The van der Waals surface area contributed by atoms with Gasteiger partial charge in [-0.25, -0.2) is 4.68 Å². The molecule has 2 rings (SSSR count). The van der Waals surface area contributed by atoms with Crippen LogP contribution < -0.4 is 5.73 Å². The van der Waals surface area contributed by atoms with Gasteiger partial charge in [0.25, 0.3) is 0 Å². The zero-order valence-electron chi connectivity index (χ0n) is 10.2. The van der Waals surface area contributed by atoms with Crippen LogP contribution in [0.1, 0.15) is 6.92 Å². The van der Waals surface area contributed by atoms with Crippen LogP contribution in [-0.4, -0.2) is 33.4 Å². The minimum absolute atomic E-state index is 0.00374. The van der Waals surface area contributed by atoms with Crippen molar-refractivity contribution < 1.29 is 4.74 Å². The van der Waals surface area contributed by atoms with Gasteiger partial charge in [0.1, 0.15) is 0 Å². The van der Waals surface area contributed by atoms with Crippen molar-refractivity contribution in [2.24, 2.45) is 0 Å². The lowest BCUT2D eigenvalue weighted by molar-refractivity contribution is 0.0997. The number of methoxy groups -OCH3 is 1. The molecular weight excluding hydrogens is 254 g/mol. The molecule has 1 aromatic heterocycles. The van der Waals surface area contributed by atoms with E-state index in [9.17, 15) is 0 Å². The molecule has 2 N–H and O–H groups in total. The van der Waals surface area contributed by atoms with E-state index in [1.54, 1.807) is 30.0 Å². The van der Waals surface area contributed by atoms with Crippen LogP contribution in [-0.2, 0) is 11.3 Å². The minimum atomic E-state index is -0.00374. The SMILES string of the molecule is COC(C)Cn1nnnc1-c1c(N)cccc1Cl. The number of ether oxygens (including phenoxy) is 1. The zero-order valence-corrected chi connectivity index (χ0v) is 10.9. The number of nitrogens with two attached hydrogens (primary N) is 1. The Bertz CT molecular complexity index is 522. The van der Waals surface area contributed by atoms with E-state index in [1.807, 2.05) is 6.92 Å². The van der Waals surface area contributed by atoms with Gasteiger partial charge in [0.2, 0.25) is 0 Å².